The first-order chi connectivity index (χ1) is 5.16. The molecule has 0 aliphatic carbocycles. The molecule has 0 aromatic rings. The fraction of sp³-hybridized carbons (Fsp3) is 0.300. The molecule has 60 valence electrons. The molecule has 11 heavy (non-hydrogen) atoms. The van der Waals surface area contributed by atoms with Crippen molar-refractivity contribution >= 4 is 6.21 Å². The summed E-state index contributed by atoms with van der Waals surface area (Å²) in [7, 11) is 0. The molecule has 0 fully saturated rings. The zero-order valence-corrected chi connectivity index (χ0v) is 7.30. The van der Waals surface area contributed by atoms with Crippen molar-refractivity contribution in [2.45, 2.75) is 20.3 Å². The number of aliphatic imine (C=N–C) groups is 1. The molecule has 0 bridgehead atoms. The lowest BCUT2D eigenvalue weighted by atomic mass is 10.2. The molecule has 0 aliphatic heterocycles. The third-order valence-electron chi connectivity index (χ3n) is 1.04. The third-order valence-corrected chi connectivity index (χ3v) is 1.04. The van der Waals surface area contributed by atoms with Gasteiger partial charge in [0.2, 0.25) is 0 Å². The van der Waals surface area contributed by atoms with E-state index in [1.165, 1.54) is 0 Å². The quantitative estimate of drug-likeness (QED) is 0.430. The molecule has 1 heteroatoms. The van der Waals surface area contributed by atoms with Crippen LogP contribution in [0.25, 0.3) is 0 Å². The van der Waals surface area contributed by atoms with E-state index in [0.717, 1.165) is 17.7 Å². The largest absolute Gasteiger partial charge is 0.262 e. The highest BCUT2D eigenvalue weighted by molar-refractivity contribution is 5.71. The van der Waals surface area contributed by atoms with Gasteiger partial charge in [-0.3, -0.25) is 4.99 Å². The van der Waals surface area contributed by atoms with E-state index in [2.05, 4.69) is 18.2 Å². The second-order valence-corrected chi connectivity index (χ2v) is 2.50. The molecule has 0 spiro atoms. The molecule has 0 atom stereocenters. The van der Waals surface area contributed by atoms with Gasteiger partial charge in [-0.05, 0) is 19.9 Å². The summed E-state index contributed by atoms with van der Waals surface area (Å²) in [6.07, 6.45) is 6.33. The Balaban J connectivity index is 3.78. The minimum absolute atomic E-state index is 0.786. The summed E-state index contributed by atoms with van der Waals surface area (Å²) < 4.78 is 0. The van der Waals surface area contributed by atoms with E-state index in [4.69, 9.17) is 0 Å². The van der Waals surface area contributed by atoms with Crippen LogP contribution in [0, 0.1) is 0 Å². The van der Waals surface area contributed by atoms with Crippen LogP contribution in [-0.4, -0.2) is 6.21 Å². The lowest BCUT2D eigenvalue weighted by Gasteiger charge is -1.95. The van der Waals surface area contributed by atoms with E-state index in [1.807, 2.05) is 26.0 Å². The average molecular weight is 149 g/mol. The normalized spacial score (nSPS) is 11.1. The van der Waals surface area contributed by atoms with Gasteiger partial charge in [0.1, 0.15) is 0 Å². The van der Waals surface area contributed by atoms with Crippen LogP contribution in [0.15, 0.2) is 41.6 Å². The minimum Gasteiger partial charge on any atom is -0.262 e. The van der Waals surface area contributed by atoms with Gasteiger partial charge in [-0.15, -0.1) is 0 Å². The van der Waals surface area contributed by atoms with Gasteiger partial charge < -0.3 is 0 Å². The molecular weight excluding hydrogens is 134 g/mol. The minimum atomic E-state index is 0.786. The molecule has 0 amide bonds. The van der Waals surface area contributed by atoms with E-state index in [-0.39, 0.29) is 0 Å². The van der Waals surface area contributed by atoms with Crippen molar-refractivity contribution in [2.24, 2.45) is 4.99 Å². The molecule has 0 unspecified atom stereocenters. The van der Waals surface area contributed by atoms with E-state index in [0.29, 0.717) is 0 Å². The number of hydrogen-bond donors (Lipinski definition) is 0. The van der Waals surface area contributed by atoms with Gasteiger partial charge in [-0.2, -0.15) is 0 Å². The van der Waals surface area contributed by atoms with E-state index in [1.54, 1.807) is 6.21 Å². The van der Waals surface area contributed by atoms with Gasteiger partial charge in [0.15, 0.2) is 0 Å². The standard InChI is InChI=1S/C10H15N/c1-5-6-7-11-10(4)8-9(2)3/h5-7H,2,4,8H2,1,3H3/b6-5-,11-7?. The van der Waals surface area contributed by atoms with Gasteiger partial charge in [0.05, 0.1) is 0 Å². The SMILES string of the molecule is C=C(C)CC(=C)N=C/C=C\C. The van der Waals surface area contributed by atoms with Crippen LogP contribution < -0.4 is 0 Å². The van der Waals surface area contributed by atoms with Crippen LogP contribution in [0.1, 0.15) is 20.3 Å². The topological polar surface area (TPSA) is 12.4 Å². The molecule has 0 heterocycles. The van der Waals surface area contributed by atoms with Gasteiger partial charge in [0.25, 0.3) is 0 Å². The van der Waals surface area contributed by atoms with Crippen LogP contribution in [0.2, 0.25) is 0 Å². The zero-order valence-electron chi connectivity index (χ0n) is 7.30. The Morgan fingerprint density at radius 3 is 2.55 bits per heavy atom. The molecule has 0 aromatic heterocycles. The van der Waals surface area contributed by atoms with Crippen LogP contribution in [0.5, 0.6) is 0 Å². The molecule has 0 saturated heterocycles. The number of allylic oxidation sites excluding steroid dienone is 3. The summed E-state index contributed by atoms with van der Waals surface area (Å²) in [6.45, 7) is 11.5. The van der Waals surface area contributed by atoms with Crippen molar-refractivity contribution in [1.29, 1.82) is 0 Å². The molecule has 0 N–H and O–H groups in total. The van der Waals surface area contributed by atoms with Gasteiger partial charge >= 0.3 is 0 Å². The van der Waals surface area contributed by atoms with E-state index in [9.17, 15) is 0 Å². The zero-order chi connectivity index (χ0) is 8.69. The maximum Gasteiger partial charge on any atom is 0.0372 e. The summed E-state index contributed by atoms with van der Waals surface area (Å²) in [4.78, 5) is 4.09. The van der Waals surface area contributed by atoms with Crippen LogP contribution in [0.3, 0.4) is 0 Å². The highest BCUT2D eigenvalue weighted by Crippen LogP contribution is 2.06. The second-order valence-electron chi connectivity index (χ2n) is 2.50. The summed E-state index contributed by atoms with van der Waals surface area (Å²) in [5.74, 6) is 0. The lowest BCUT2D eigenvalue weighted by Crippen LogP contribution is -1.78. The molecular formula is C10H15N. The summed E-state index contributed by atoms with van der Waals surface area (Å²) >= 11 is 0. The van der Waals surface area contributed by atoms with Crippen LogP contribution in [-0.2, 0) is 0 Å². The van der Waals surface area contributed by atoms with Crippen LogP contribution in [0.4, 0.5) is 0 Å². The summed E-state index contributed by atoms with van der Waals surface area (Å²) in [5.41, 5.74) is 1.95. The van der Waals surface area contributed by atoms with Crippen molar-refractivity contribution in [3.8, 4) is 0 Å². The Morgan fingerprint density at radius 2 is 2.09 bits per heavy atom. The number of nitrogens with zero attached hydrogens (tertiary/aromatic N) is 1. The van der Waals surface area contributed by atoms with Crippen molar-refractivity contribution in [1.82, 2.24) is 0 Å². The number of rotatable bonds is 4. The van der Waals surface area contributed by atoms with Crippen LogP contribution >= 0.6 is 0 Å². The maximum absolute atomic E-state index is 4.09. The first-order valence-electron chi connectivity index (χ1n) is 3.64. The molecule has 0 aromatic carbocycles. The Hall–Kier alpha value is -1.11. The Bertz CT molecular complexity index is 197. The summed E-state index contributed by atoms with van der Waals surface area (Å²) in [6, 6.07) is 0. The summed E-state index contributed by atoms with van der Waals surface area (Å²) in [5, 5.41) is 0. The molecule has 1 nitrogen and oxygen atoms in total. The molecule has 0 aliphatic rings. The first-order valence-corrected chi connectivity index (χ1v) is 3.64. The van der Waals surface area contributed by atoms with Crippen molar-refractivity contribution in [2.75, 3.05) is 0 Å². The third kappa shape index (κ3) is 6.78. The molecule has 0 rings (SSSR count). The maximum atomic E-state index is 4.09. The van der Waals surface area contributed by atoms with Gasteiger partial charge in [-0.25, -0.2) is 0 Å². The Labute approximate surface area is 68.9 Å². The van der Waals surface area contributed by atoms with Crippen molar-refractivity contribution < 1.29 is 0 Å². The Morgan fingerprint density at radius 1 is 1.45 bits per heavy atom. The predicted molar refractivity (Wildman–Crippen MR) is 51.9 cm³/mol. The van der Waals surface area contributed by atoms with Crippen molar-refractivity contribution in [3.63, 3.8) is 0 Å². The fourth-order valence-corrected chi connectivity index (χ4v) is 0.628. The highest BCUT2D eigenvalue weighted by atomic mass is 14.7. The number of hydrogen-bond acceptors (Lipinski definition) is 1. The predicted octanol–water partition coefficient (Wildman–Crippen LogP) is 3.11. The Kier molecular flexibility index (Phi) is 5.09. The monoisotopic (exact) mass is 149 g/mol. The molecule has 0 radical (unpaired) electrons. The van der Waals surface area contributed by atoms with Crippen molar-refractivity contribution in [3.05, 3.63) is 36.6 Å². The first kappa shape index (κ1) is 9.89. The molecule has 0 saturated carbocycles. The second kappa shape index (κ2) is 5.66. The van der Waals surface area contributed by atoms with Gasteiger partial charge in [-0.1, -0.05) is 24.8 Å². The van der Waals surface area contributed by atoms with E-state index >= 15 is 0 Å². The average Bonchev–Trinajstić information content (AvgIpc) is 1.86. The fourth-order valence-electron chi connectivity index (χ4n) is 0.628. The lowest BCUT2D eigenvalue weighted by molar-refractivity contribution is 1.10. The van der Waals surface area contributed by atoms with Gasteiger partial charge in [0, 0.05) is 18.3 Å². The highest BCUT2D eigenvalue weighted by Gasteiger charge is 1.88. The smallest absolute Gasteiger partial charge is 0.0372 e. The van der Waals surface area contributed by atoms with E-state index < -0.39 is 0 Å².